The maximum absolute atomic E-state index is 13.7. The minimum Gasteiger partial charge on any atom is -0.356 e. The summed E-state index contributed by atoms with van der Waals surface area (Å²) in [6, 6.07) is 23.1. The number of nitrogens with zero attached hydrogens (tertiary/aromatic N) is 2. The maximum Gasteiger partial charge on any atom is 0.246 e. The van der Waals surface area contributed by atoms with Gasteiger partial charge in [0.2, 0.25) is 11.8 Å². The summed E-state index contributed by atoms with van der Waals surface area (Å²) in [5, 5.41) is 1.09. The highest BCUT2D eigenvalue weighted by Crippen LogP contribution is 2.42. The molecular weight excluding hydrogens is 417 g/mol. The zero-order valence-corrected chi connectivity index (χ0v) is 17.9. The Labute approximate surface area is 190 Å². The molecule has 2 aliphatic rings. The molecular formula is C27H22FN3O2. The van der Waals surface area contributed by atoms with E-state index in [1.807, 2.05) is 48.5 Å². The number of nitrogens with one attached hydrogen (secondary N) is 1. The Kier molecular flexibility index (Phi) is 4.54. The number of para-hydroxylation sites is 1. The maximum atomic E-state index is 13.7. The quantitative estimate of drug-likeness (QED) is 0.520. The molecule has 3 aromatic carbocycles. The number of halogens is 1. The van der Waals surface area contributed by atoms with E-state index < -0.39 is 6.04 Å². The second kappa shape index (κ2) is 7.59. The van der Waals surface area contributed by atoms with Gasteiger partial charge in [-0.2, -0.15) is 0 Å². The molecule has 4 aromatic rings. The van der Waals surface area contributed by atoms with Crippen molar-refractivity contribution in [3.8, 4) is 0 Å². The zero-order valence-electron chi connectivity index (χ0n) is 17.9. The van der Waals surface area contributed by atoms with Crippen molar-refractivity contribution in [2.75, 3.05) is 6.54 Å². The van der Waals surface area contributed by atoms with Crippen LogP contribution in [0.15, 0.2) is 78.9 Å². The van der Waals surface area contributed by atoms with Crippen molar-refractivity contribution in [3.05, 3.63) is 107 Å². The monoisotopic (exact) mass is 439 g/mol. The van der Waals surface area contributed by atoms with Gasteiger partial charge in [-0.05, 0) is 34.9 Å². The third kappa shape index (κ3) is 3.21. The number of hydrogen-bond donors (Lipinski definition) is 1. The fraction of sp³-hybridized carbons (Fsp3) is 0.185. The number of piperazine rings is 1. The van der Waals surface area contributed by atoms with E-state index in [1.54, 1.807) is 21.9 Å². The first-order chi connectivity index (χ1) is 16.1. The molecule has 0 spiro atoms. The standard InChI is InChI=1S/C27H22FN3O2/c28-19-12-10-17(11-13-19)15-30-16-24(32)31-23(27(30)33)14-21-20-8-4-5-9-22(20)29-25(21)26(31)18-6-2-1-3-7-18/h1-13,23,26,29H,14-16H2/t23-,26+/m0/s1. The molecule has 1 N–H and O–H groups in total. The minimum atomic E-state index is -0.580. The van der Waals surface area contributed by atoms with Crippen molar-refractivity contribution >= 4 is 22.7 Å². The fourth-order valence-electron chi connectivity index (χ4n) is 5.25. The summed E-state index contributed by atoms with van der Waals surface area (Å²) >= 11 is 0. The van der Waals surface area contributed by atoms with Crippen molar-refractivity contribution in [2.24, 2.45) is 0 Å². The summed E-state index contributed by atoms with van der Waals surface area (Å²) in [6.45, 7) is 0.289. The van der Waals surface area contributed by atoms with E-state index in [-0.39, 0.29) is 36.8 Å². The second-order valence-electron chi connectivity index (χ2n) is 8.72. The Balaban J connectivity index is 1.44. The van der Waals surface area contributed by atoms with E-state index in [4.69, 9.17) is 0 Å². The SMILES string of the molecule is O=C1[C@@H]2Cc3c([nH]c4ccccc34)[C@@H](c3ccccc3)N2C(=O)CN1Cc1ccc(F)cc1. The third-order valence-corrected chi connectivity index (χ3v) is 6.74. The smallest absolute Gasteiger partial charge is 0.246 e. The van der Waals surface area contributed by atoms with Gasteiger partial charge in [0, 0.05) is 29.6 Å². The van der Waals surface area contributed by atoms with Gasteiger partial charge in [-0.1, -0.05) is 60.7 Å². The first-order valence-corrected chi connectivity index (χ1v) is 11.1. The molecule has 0 saturated carbocycles. The molecule has 6 rings (SSSR count). The molecule has 3 heterocycles. The summed E-state index contributed by atoms with van der Waals surface area (Å²) in [6.07, 6.45) is 0.465. The first kappa shape index (κ1) is 19.7. The molecule has 0 unspecified atom stereocenters. The van der Waals surface area contributed by atoms with E-state index in [2.05, 4.69) is 11.1 Å². The molecule has 0 aliphatic carbocycles. The molecule has 1 saturated heterocycles. The number of carbonyl (C=O) groups excluding carboxylic acids is 2. The number of hydrogen-bond acceptors (Lipinski definition) is 2. The van der Waals surface area contributed by atoms with Gasteiger partial charge >= 0.3 is 0 Å². The Morgan fingerprint density at radius 2 is 1.64 bits per heavy atom. The average Bonchev–Trinajstić information content (AvgIpc) is 3.21. The molecule has 0 radical (unpaired) electrons. The van der Waals surface area contributed by atoms with Gasteiger partial charge in [0.15, 0.2) is 0 Å². The molecule has 1 aromatic heterocycles. The number of amides is 2. The van der Waals surface area contributed by atoms with Crippen LogP contribution in [0.2, 0.25) is 0 Å². The number of aromatic amines is 1. The number of carbonyl (C=O) groups is 2. The highest BCUT2D eigenvalue weighted by Gasteiger charge is 2.48. The van der Waals surface area contributed by atoms with Crippen LogP contribution in [0.4, 0.5) is 4.39 Å². The average molecular weight is 439 g/mol. The van der Waals surface area contributed by atoms with Gasteiger partial charge in [-0.3, -0.25) is 9.59 Å². The normalized spacial score (nSPS) is 20.2. The van der Waals surface area contributed by atoms with Crippen molar-refractivity contribution in [2.45, 2.75) is 25.0 Å². The van der Waals surface area contributed by atoms with Crippen LogP contribution in [0, 0.1) is 5.82 Å². The number of rotatable bonds is 3. The Morgan fingerprint density at radius 1 is 0.909 bits per heavy atom. The summed E-state index contributed by atoms with van der Waals surface area (Å²) in [7, 11) is 0. The highest BCUT2D eigenvalue weighted by molar-refractivity contribution is 5.97. The molecule has 1 fully saturated rings. The van der Waals surface area contributed by atoms with Crippen LogP contribution in [-0.4, -0.2) is 39.2 Å². The lowest BCUT2D eigenvalue weighted by molar-refractivity contribution is -0.159. The van der Waals surface area contributed by atoms with Gasteiger partial charge in [0.05, 0.1) is 6.04 Å². The molecule has 2 aliphatic heterocycles. The number of fused-ring (bicyclic) bond motifs is 4. The predicted molar refractivity (Wildman–Crippen MR) is 123 cm³/mol. The van der Waals surface area contributed by atoms with Crippen LogP contribution in [0.1, 0.15) is 28.4 Å². The van der Waals surface area contributed by atoms with Crippen LogP contribution in [0.5, 0.6) is 0 Å². The second-order valence-corrected chi connectivity index (χ2v) is 8.72. The number of benzene rings is 3. The molecule has 33 heavy (non-hydrogen) atoms. The van der Waals surface area contributed by atoms with Gasteiger partial charge < -0.3 is 14.8 Å². The lowest BCUT2D eigenvalue weighted by atomic mass is 9.86. The highest BCUT2D eigenvalue weighted by atomic mass is 19.1. The van der Waals surface area contributed by atoms with Gasteiger partial charge in [-0.15, -0.1) is 0 Å². The van der Waals surface area contributed by atoms with Crippen molar-refractivity contribution < 1.29 is 14.0 Å². The Hall–Kier alpha value is -3.93. The van der Waals surface area contributed by atoms with E-state index in [9.17, 15) is 14.0 Å². The first-order valence-electron chi connectivity index (χ1n) is 11.1. The topological polar surface area (TPSA) is 56.4 Å². The van der Waals surface area contributed by atoms with Crippen molar-refractivity contribution in [1.29, 1.82) is 0 Å². The molecule has 6 heteroatoms. The lowest BCUT2D eigenvalue weighted by Gasteiger charge is -2.47. The van der Waals surface area contributed by atoms with Gasteiger partial charge in [0.25, 0.3) is 0 Å². The van der Waals surface area contributed by atoms with Gasteiger partial charge in [-0.25, -0.2) is 4.39 Å². The largest absolute Gasteiger partial charge is 0.356 e. The van der Waals surface area contributed by atoms with E-state index in [0.29, 0.717) is 6.42 Å². The fourth-order valence-corrected chi connectivity index (χ4v) is 5.25. The van der Waals surface area contributed by atoms with Crippen molar-refractivity contribution in [1.82, 2.24) is 14.8 Å². The van der Waals surface area contributed by atoms with Gasteiger partial charge in [0.1, 0.15) is 18.4 Å². The molecule has 0 bridgehead atoms. The Bertz CT molecular complexity index is 1360. The van der Waals surface area contributed by atoms with Crippen molar-refractivity contribution in [3.63, 3.8) is 0 Å². The summed E-state index contributed by atoms with van der Waals surface area (Å²) in [5.41, 5.74) is 4.85. The molecule has 2 atom stereocenters. The summed E-state index contributed by atoms with van der Waals surface area (Å²) < 4.78 is 13.3. The zero-order chi connectivity index (χ0) is 22.5. The van der Waals surface area contributed by atoms with E-state index in [0.717, 1.165) is 33.3 Å². The van der Waals surface area contributed by atoms with E-state index >= 15 is 0 Å². The molecule has 5 nitrogen and oxygen atoms in total. The number of H-pyrrole nitrogens is 1. The van der Waals surface area contributed by atoms with Crippen LogP contribution >= 0.6 is 0 Å². The van der Waals surface area contributed by atoms with E-state index in [1.165, 1.54) is 12.1 Å². The Morgan fingerprint density at radius 3 is 2.42 bits per heavy atom. The minimum absolute atomic E-state index is 0.00556. The molecule has 164 valence electrons. The summed E-state index contributed by atoms with van der Waals surface area (Å²) in [5.74, 6) is -0.480. The van der Waals surface area contributed by atoms with Crippen LogP contribution in [0.3, 0.4) is 0 Å². The lowest BCUT2D eigenvalue weighted by Crippen LogP contribution is -2.62. The predicted octanol–water partition coefficient (Wildman–Crippen LogP) is 4.19. The molecule has 2 amide bonds. The third-order valence-electron chi connectivity index (χ3n) is 6.74. The van der Waals surface area contributed by atoms with Crippen LogP contribution in [0.25, 0.3) is 10.9 Å². The number of aromatic nitrogens is 1. The summed E-state index contributed by atoms with van der Waals surface area (Å²) in [4.78, 5) is 34.1. The van der Waals surface area contributed by atoms with Crippen LogP contribution < -0.4 is 0 Å². The van der Waals surface area contributed by atoms with Crippen LogP contribution in [-0.2, 0) is 22.6 Å².